The molecule has 0 aromatic carbocycles. The van der Waals surface area contributed by atoms with Gasteiger partial charge >= 0.3 is 0 Å². The molecule has 21 heavy (non-hydrogen) atoms. The summed E-state index contributed by atoms with van der Waals surface area (Å²) in [5, 5.41) is 6.50. The van der Waals surface area contributed by atoms with Crippen LogP contribution in [0.15, 0.2) is 27.8 Å². The van der Waals surface area contributed by atoms with Crippen molar-refractivity contribution < 1.29 is 9.15 Å². The van der Waals surface area contributed by atoms with Crippen LogP contribution in [0.1, 0.15) is 33.0 Å². The molecule has 0 spiro atoms. The standard InChI is InChI=1S/C15H27N3O2.HI/c1-4-16-15(18-11-14-7-5-10-20-14)17-8-6-9-19-12-13(2)3;/h5,7,10,13H,4,6,8-9,11-12H2,1-3H3,(H2,16,17,18);1H. The summed E-state index contributed by atoms with van der Waals surface area (Å²) in [4.78, 5) is 4.46. The Labute approximate surface area is 144 Å². The van der Waals surface area contributed by atoms with Gasteiger partial charge in [-0.1, -0.05) is 13.8 Å². The molecule has 1 heterocycles. The average Bonchev–Trinajstić information content (AvgIpc) is 2.92. The van der Waals surface area contributed by atoms with E-state index in [2.05, 4.69) is 36.4 Å². The zero-order valence-electron chi connectivity index (χ0n) is 13.2. The highest BCUT2D eigenvalue weighted by molar-refractivity contribution is 14.0. The zero-order valence-corrected chi connectivity index (χ0v) is 15.6. The van der Waals surface area contributed by atoms with Gasteiger partial charge in [-0.05, 0) is 31.4 Å². The Balaban J connectivity index is 0.00000400. The molecule has 5 nitrogen and oxygen atoms in total. The van der Waals surface area contributed by atoms with Crippen LogP contribution in [-0.4, -0.2) is 32.3 Å². The van der Waals surface area contributed by atoms with Crippen molar-refractivity contribution in [2.24, 2.45) is 10.9 Å². The Hall–Kier alpha value is -0.760. The maximum absolute atomic E-state index is 5.54. The van der Waals surface area contributed by atoms with Crippen molar-refractivity contribution >= 4 is 29.9 Å². The molecule has 0 amide bonds. The third-order valence-corrected chi connectivity index (χ3v) is 2.53. The average molecular weight is 409 g/mol. The van der Waals surface area contributed by atoms with Crippen molar-refractivity contribution in [1.82, 2.24) is 10.6 Å². The van der Waals surface area contributed by atoms with Crippen LogP contribution in [-0.2, 0) is 11.3 Å². The van der Waals surface area contributed by atoms with Crippen molar-refractivity contribution in [2.45, 2.75) is 33.7 Å². The van der Waals surface area contributed by atoms with Gasteiger partial charge in [-0.2, -0.15) is 0 Å². The predicted octanol–water partition coefficient (Wildman–Crippen LogP) is 3.02. The van der Waals surface area contributed by atoms with E-state index >= 15 is 0 Å². The van der Waals surface area contributed by atoms with E-state index in [1.165, 1.54) is 0 Å². The van der Waals surface area contributed by atoms with Gasteiger partial charge < -0.3 is 19.8 Å². The van der Waals surface area contributed by atoms with Gasteiger partial charge in [0.05, 0.1) is 6.26 Å². The summed E-state index contributed by atoms with van der Waals surface area (Å²) in [6.45, 7) is 10.2. The Bertz CT molecular complexity index is 367. The number of hydrogen-bond acceptors (Lipinski definition) is 3. The maximum atomic E-state index is 5.54. The summed E-state index contributed by atoms with van der Waals surface area (Å²) in [6.07, 6.45) is 2.63. The smallest absolute Gasteiger partial charge is 0.191 e. The molecule has 122 valence electrons. The number of nitrogens with zero attached hydrogens (tertiary/aromatic N) is 1. The lowest BCUT2D eigenvalue weighted by Gasteiger charge is -2.11. The number of halogens is 1. The lowest BCUT2D eigenvalue weighted by molar-refractivity contribution is 0.108. The highest BCUT2D eigenvalue weighted by atomic mass is 127. The largest absolute Gasteiger partial charge is 0.467 e. The number of ether oxygens (including phenoxy) is 1. The molecule has 1 rings (SSSR count). The Morgan fingerprint density at radius 1 is 1.38 bits per heavy atom. The van der Waals surface area contributed by atoms with E-state index in [1.54, 1.807) is 6.26 Å². The topological polar surface area (TPSA) is 58.8 Å². The van der Waals surface area contributed by atoms with Gasteiger partial charge in [-0.15, -0.1) is 24.0 Å². The first-order valence-corrected chi connectivity index (χ1v) is 7.34. The molecule has 0 fully saturated rings. The minimum absolute atomic E-state index is 0. The summed E-state index contributed by atoms with van der Waals surface area (Å²) < 4.78 is 10.8. The van der Waals surface area contributed by atoms with Gasteiger partial charge in [0.25, 0.3) is 0 Å². The fourth-order valence-electron chi connectivity index (χ4n) is 1.60. The molecule has 0 radical (unpaired) electrons. The van der Waals surface area contributed by atoms with E-state index in [9.17, 15) is 0 Å². The Morgan fingerprint density at radius 2 is 2.19 bits per heavy atom. The number of hydrogen-bond donors (Lipinski definition) is 2. The highest BCUT2D eigenvalue weighted by Crippen LogP contribution is 2.01. The molecule has 2 N–H and O–H groups in total. The minimum atomic E-state index is 0. The molecule has 0 aliphatic carbocycles. The van der Waals surface area contributed by atoms with Crippen molar-refractivity contribution in [2.75, 3.05) is 26.3 Å². The fraction of sp³-hybridized carbons (Fsp3) is 0.667. The van der Waals surface area contributed by atoms with E-state index in [0.29, 0.717) is 12.5 Å². The number of aliphatic imine (C=N–C) groups is 1. The molecule has 0 unspecified atom stereocenters. The second kappa shape index (κ2) is 12.9. The lowest BCUT2D eigenvalue weighted by atomic mass is 10.2. The summed E-state index contributed by atoms with van der Waals surface area (Å²) >= 11 is 0. The number of nitrogens with one attached hydrogen (secondary N) is 2. The van der Waals surface area contributed by atoms with Crippen molar-refractivity contribution in [3.63, 3.8) is 0 Å². The van der Waals surface area contributed by atoms with E-state index in [0.717, 1.165) is 44.4 Å². The molecule has 6 heteroatoms. The number of rotatable bonds is 9. The van der Waals surface area contributed by atoms with Gasteiger partial charge in [0.2, 0.25) is 0 Å². The van der Waals surface area contributed by atoms with Crippen LogP contribution in [0.4, 0.5) is 0 Å². The molecule has 0 saturated heterocycles. The molecule has 0 atom stereocenters. The van der Waals surface area contributed by atoms with Crippen LogP contribution in [0.2, 0.25) is 0 Å². The van der Waals surface area contributed by atoms with Crippen LogP contribution in [0.5, 0.6) is 0 Å². The van der Waals surface area contributed by atoms with Crippen LogP contribution < -0.4 is 10.6 Å². The molecule has 0 aliphatic heterocycles. The molecular weight excluding hydrogens is 381 g/mol. The van der Waals surface area contributed by atoms with Gasteiger partial charge in [0.1, 0.15) is 12.3 Å². The van der Waals surface area contributed by atoms with E-state index in [-0.39, 0.29) is 24.0 Å². The van der Waals surface area contributed by atoms with E-state index < -0.39 is 0 Å². The minimum Gasteiger partial charge on any atom is -0.467 e. The Kier molecular flexibility index (Phi) is 12.5. The maximum Gasteiger partial charge on any atom is 0.191 e. The van der Waals surface area contributed by atoms with Crippen molar-refractivity contribution in [3.8, 4) is 0 Å². The third kappa shape index (κ3) is 10.6. The van der Waals surface area contributed by atoms with Crippen molar-refractivity contribution in [3.05, 3.63) is 24.2 Å². The van der Waals surface area contributed by atoms with Gasteiger partial charge in [-0.3, -0.25) is 0 Å². The summed E-state index contributed by atoms with van der Waals surface area (Å²) in [6, 6.07) is 3.80. The normalized spacial score (nSPS) is 11.3. The summed E-state index contributed by atoms with van der Waals surface area (Å²) in [5.41, 5.74) is 0. The molecule has 1 aromatic heterocycles. The van der Waals surface area contributed by atoms with Crippen LogP contribution in [0.25, 0.3) is 0 Å². The number of guanidine groups is 1. The van der Waals surface area contributed by atoms with E-state index in [1.807, 2.05) is 12.1 Å². The van der Waals surface area contributed by atoms with Crippen LogP contribution in [0, 0.1) is 5.92 Å². The van der Waals surface area contributed by atoms with Gasteiger partial charge in [0, 0.05) is 26.3 Å². The zero-order chi connectivity index (χ0) is 14.6. The van der Waals surface area contributed by atoms with Crippen LogP contribution in [0.3, 0.4) is 0 Å². The van der Waals surface area contributed by atoms with Gasteiger partial charge in [-0.25, -0.2) is 4.99 Å². The molecular formula is C15H28IN3O2. The first-order chi connectivity index (χ1) is 9.72. The molecule has 0 saturated carbocycles. The number of furan rings is 1. The Morgan fingerprint density at radius 3 is 2.81 bits per heavy atom. The third-order valence-electron chi connectivity index (χ3n) is 2.53. The molecule has 0 aliphatic rings. The van der Waals surface area contributed by atoms with E-state index in [4.69, 9.17) is 9.15 Å². The van der Waals surface area contributed by atoms with Crippen LogP contribution >= 0.6 is 24.0 Å². The van der Waals surface area contributed by atoms with Crippen molar-refractivity contribution in [1.29, 1.82) is 0 Å². The SMILES string of the molecule is CCNC(=NCc1ccco1)NCCCOCC(C)C.I. The first-order valence-electron chi connectivity index (χ1n) is 7.34. The fourth-order valence-corrected chi connectivity index (χ4v) is 1.60. The second-order valence-electron chi connectivity index (χ2n) is 5.02. The molecule has 1 aromatic rings. The summed E-state index contributed by atoms with van der Waals surface area (Å²) in [5.74, 6) is 2.27. The molecule has 0 bridgehead atoms. The van der Waals surface area contributed by atoms with Gasteiger partial charge in [0.15, 0.2) is 5.96 Å². The monoisotopic (exact) mass is 409 g/mol. The quantitative estimate of drug-likeness (QED) is 0.285. The predicted molar refractivity (Wildman–Crippen MR) is 97.2 cm³/mol. The summed E-state index contributed by atoms with van der Waals surface area (Å²) in [7, 11) is 0. The highest BCUT2D eigenvalue weighted by Gasteiger charge is 1.99. The second-order valence-corrected chi connectivity index (χ2v) is 5.02. The first kappa shape index (κ1) is 20.2. The lowest BCUT2D eigenvalue weighted by Crippen LogP contribution is -2.38.